The lowest BCUT2D eigenvalue weighted by molar-refractivity contribution is -0.151. The van der Waals surface area contributed by atoms with Crippen molar-refractivity contribution in [2.45, 2.75) is 408 Å². The smallest absolute Gasteiger partial charge is 0.308 e. The number of rotatable bonds is 63. The summed E-state index contributed by atoms with van der Waals surface area (Å²) in [5.41, 5.74) is -11.0. The summed E-state index contributed by atoms with van der Waals surface area (Å²) in [4.78, 5) is 199. The number of esters is 18. The third-order valence-corrected chi connectivity index (χ3v) is 18.5. The van der Waals surface area contributed by atoms with Gasteiger partial charge in [0.25, 0.3) is 0 Å². The number of methoxy groups -OCH3 is 6. The Hall–Kier alpha value is -9.90. The highest BCUT2D eigenvalue weighted by molar-refractivity contribution is 5.77. The van der Waals surface area contributed by atoms with E-state index in [1.165, 1.54) is 105 Å². The van der Waals surface area contributed by atoms with Gasteiger partial charge < -0.3 is 131 Å². The normalized spacial score (nSPS) is 14.0. The topological polar surface area (TPSA) is 655 Å². The van der Waals surface area contributed by atoms with Crippen molar-refractivity contribution in [3.05, 3.63) is 0 Å². The lowest BCUT2D eigenvalue weighted by Crippen LogP contribution is -2.30. The maximum absolute atomic E-state index is 11.3. The molecular formula is C99H180O45. The first-order valence-corrected chi connectivity index (χ1v) is 48.5. The molecule has 9 unspecified atom stereocenters. The van der Waals surface area contributed by atoms with Crippen LogP contribution < -0.4 is 0 Å². The van der Waals surface area contributed by atoms with E-state index in [1.807, 2.05) is 41.5 Å². The number of hydrogen-bond donors (Lipinski definition) is 9. The largest absolute Gasteiger partial charge is 0.469 e. The summed E-state index contributed by atoms with van der Waals surface area (Å²) in [5, 5.41) is 88.3. The van der Waals surface area contributed by atoms with E-state index in [2.05, 4.69) is 28.4 Å². The van der Waals surface area contributed by atoms with E-state index in [-0.39, 0.29) is 229 Å². The summed E-state index contributed by atoms with van der Waals surface area (Å²) in [6, 6.07) is 0. The van der Waals surface area contributed by atoms with Gasteiger partial charge in [-0.3, -0.25) is 86.3 Å². The van der Waals surface area contributed by atoms with E-state index in [0.29, 0.717) is 59.5 Å². The summed E-state index contributed by atoms with van der Waals surface area (Å²) in [7, 11) is 7.60. The van der Waals surface area contributed by atoms with E-state index >= 15 is 0 Å². The second-order valence-corrected chi connectivity index (χ2v) is 35.2. The Bertz CT molecular complexity index is 3540. The van der Waals surface area contributed by atoms with Gasteiger partial charge in [0.2, 0.25) is 0 Å². The number of aliphatic hydroxyl groups is 9. The van der Waals surface area contributed by atoms with Crippen LogP contribution in [0.4, 0.5) is 0 Å². The van der Waals surface area contributed by atoms with Crippen LogP contribution in [-0.2, 0) is 172 Å². The quantitative estimate of drug-likeness (QED) is 0.0202. The summed E-state index contributed by atoms with van der Waals surface area (Å²) < 4.78 is 84.1. The molecule has 0 heterocycles. The highest BCUT2D eigenvalue weighted by Gasteiger charge is 2.34. The van der Waals surface area contributed by atoms with Gasteiger partial charge in [0.1, 0.15) is 0 Å². The Labute approximate surface area is 851 Å². The molecule has 0 aliphatic heterocycles. The van der Waals surface area contributed by atoms with Gasteiger partial charge in [0, 0.05) is 57.8 Å². The van der Waals surface area contributed by atoms with Crippen LogP contribution in [0.15, 0.2) is 0 Å². The summed E-state index contributed by atoms with van der Waals surface area (Å²) in [5.74, 6) is -7.58. The molecule has 0 bridgehead atoms. The van der Waals surface area contributed by atoms with Crippen molar-refractivity contribution in [3.63, 3.8) is 0 Å². The minimum absolute atomic E-state index is 0.0838. The van der Waals surface area contributed by atoms with Crippen molar-refractivity contribution in [3.8, 4) is 0 Å². The molecule has 0 spiro atoms. The molecule has 9 N–H and O–H groups in total. The van der Waals surface area contributed by atoms with Crippen molar-refractivity contribution in [2.24, 2.45) is 0 Å². The molecule has 0 saturated heterocycles. The van der Waals surface area contributed by atoms with Crippen LogP contribution in [-0.4, -0.2) is 326 Å². The fourth-order valence-corrected chi connectivity index (χ4v) is 10.5. The van der Waals surface area contributed by atoms with E-state index in [9.17, 15) is 132 Å². The molecule has 45 nitrogen and oxygen atoms in total. The second-order valence-electron chi connectivity index (χ2n) is 35.2. The van der Waals surface area contributed by atoms with Gasteiger partial charge in [-0.2, -0.15) is 0 Å². The molecule has 0 saturated carbocycles. The highest BCUT2D eigenvalue weighted by atomic mass is 16.6. The van der Waals surface area contributed by atoms with Gasteiger partial charge in [0.15, 0.2) is 0 Å². The maximum atomic E-state index is 11.3. The van der Waals surface area contributed by atoms with Gasteiger partial charge >= 0.3 is 107 Å². The molecule has 45 heteroatoms. The van der Waals surface area contributed by atoms with Gasteiger partial charge in [-0.25, -0.2) is 0 Å². The van der Waals surface area contributed by atoms with Gasteiger partial charge in [0.05, 0.1) is 230 Å². The predicted molar refractivity (Wildman–Crippen MR) is 520 cm³/mol. The molecule has 0 radical (unpaired) electrons. The summed E-state index contributed by atoms with van der Waals surface area (Å²) >= 11 is 0. The zero-order valence-corrected chi connectivity index (χ0v) is 91.0. The molecule has 9 atom stereocenters. The standard InChI is InChI=1S/C13H24O5.2C12H22O5.3C11H20O5.2C10H18O5.C9H16O5/c1-4-8-17-11(14)6-7-13(3,16)10-12(15)18-9-5-2;1-4-8-17-10(13)6-7-12(3,15)9-11(14)16-5-2;1-4-8-17-11(14)9-12(3,15)7-6-10(13)16-5-2;1-4-7-16-9(12)5-6-11(2,14)8-10(13)15-3;1-4-7-16-10(13)8-11(2,14)6-5-9(12)15-3;1-4-15-9(12)6-7-11(3,14)8-10(13)16-5-2;1-4-15-8(11)5-6-10(2,13)7-9(12)14-3;1-4-15-9(12)7-10(2,13)6-5-8(11)14-3;1-9(12,6-8(11)14-3)5-4-7(10)13-2/h16H,4-10H2,1-3H3;2*15H,4-9H2,1-3H3;3*14H,4-8H2,1-3H3;2*13H,4-7H2,1-3H3;12H,4-6H2,1-3H3. The Morgan fingerprint density at radius 2 is 0.250 bits per heavy atom. The molecular weight excluding hydrogens is 1910 g/mol. The maximum Gasteiger partial charge on any atom is 0.308 e. The van der Waals surface area contributed by atoms with E-state index in [1.54, 1.807) is 41.5 Å². The number of carbonyl (C=O) groups is 18. The molecule has 0 amide bonds. The molecule has 846 valence electrons. The van der Waals surface area contributed by atoms with Crippen LogP contribution in [0.1, 0.15) is 357 Å². The van der Waals surface area contributed by atoms with Crippen molar-refractivity contribution < 1.29 is 218 Å². The first-order chi connectivity index (χ1) is 66.7. The molecule has 0 aliphatic rings. The molecule has 0 aromatic heterocycles. The molecule has 0 fully saturated rings. The lowest BCUT2D eigenvalue weighted by Gasteiger charge is -2.21. The third kappa shape index (κ3) is 111. The predicted octanol–water partition coefficient (Wildman–Crippen LogP) is 9.31. The van der Waals surface area contributed by atoms with Crippen molar-refractivity contribution in [1.82, 2.24) is 0 Å². The van der Waals surface area contributed by atoms with Crippen molar-refractivity contribution in [1.29, 1.82) is 0 Å². The Morgan fingerprint density at radius 1 is 0.153 bits per heavy atom. The van der Waals surface area contributed by atoms with Gasteiger partial charge in [-0.1, -0.05) is 41.5 Å². The van der Waals surface area contributed by atoms with Gasteiger partial charge in [-0.15, -0.1) is 0 Å². The molecule has 144 heavy (non-hydrogen) atoms. The Morgan fingerprint density at radius 3 is 0.368 bits per heavy atom. The molecule has 0 aromatic rings. The fraction of sp³-hybridized carbons (Fsp3) is 0.818. The van der Waals surface area contributed by atoms with Crippen LogP contribution >= 0.6 is 0 Å². The number of hydrogen-bond acceptors (Lipinski definition) is 45. The van der Waals surface area contributed by atoms with E-state index < -0.39 is 122 Å². The van der Waals surface area contributed by atoms with E-state index in [0.717, 1.165) is 38.5 Å². The zero-order chi connectivity index (χ0) is 113. The first-order valence-electron chi connectivity index (χ1n) is 48.5. The van der Waals surface area contributed by atoms with Crippen molar-refractivity contribution >= 4 is 107 Å². The zero-order valence-electron chi connectivity index (χ0n) is 91.0. The fourth-order valence-electron chi connectivity index (χ4n) is 10.5. The van der Waals surface area contributed by atoms with Crippen LogP contribution in [0, 0.1) is 0 Å². The molecule has 0 aliphatic carbocycles. The SMILES string of the molecule is CCCOC(=O)CC(C)(O)CCC(=O)OC.CCCOC(=O)CC(C)(O)CCC(=O)OCC.CCCOC(=O)CCC(C)(O)CC(=O)OC.CCCOC(=O)CCC(C)(O)CC(=O)OCC.CCCOC(=O)CCC(C)(O)CC(=O)OCCC.CCOC(=O)CC(C)(O)CCC(=O)OC.CCOC(=O)CCC(C)(O)CC(=O)OC.CCOC(=O)CCC(C)(O)CC(=O)OCC.COC(=O)CCC(C)(O)CC(=O)OC. The van der Waals surface area contributed by atoms with Crippen LogP contribution in [0.2, 0.25) is 0 Å². The third-order valence-electron chi connectivity index (χ3n) is 18.5. The first kappa shape index (κ1) is 152. The minimum Gasteiger partial charge on any atom is -0.469 e. The summed E-state index contributed by atoms with van der Waals surface area (Å²) in [6.45, 7) is 39.2. The Balaban J connectivity index is -0.000000204. The van der Waals surface area contributed by atoms with Gasteiger partial charge in [-0.05, 0) is 200 Å². The van der Waals surface area contributed by atoms with Crippen LogP contribution in [0.5, 0.6) is 0 Å². The number of ether oxygens (including phenoxy) is 18. The average molecular weight is 2090 g/mol. The second kappa shape index (κ2) is 89.5. The highest BCUT2D eigenvalue weighted by Crippen LogP contribution is 2.26. The van der Waals surface area contributed by atoms with Crippen molar-refractivity contribution in [2.75, 3.05) is 122 Å². The van der Waals surface area contributed by atoms with Crippen LogP contribution in [0.3, 0.4) is 0 Å². The number of carbonyl (C=O) groups excluding carboxylic acids is 18. The molecule has 0 aromatic carbocycles. The summed E-state index contributed by atoms with van der Waals surface area (Å²) in [6.07, 6.45) is 6.05. The Kier molecular flexibility index (Phi) is 94.3. The van der Waals surface area contributed by atoms with E-state index in [4.69, 9.17) is 56.8 Å². The average Bonchev–Trinajstić information content (AvgIpc) is 0.913. The molecule has 0 rings (SSSR count). The minimum atomic E-state index is -1.23. The van der Waals surface area contributed by atoms with Crippen LogP contribution in [0.25, 0.3) is 0 Å². The monoisotopic (exact) mass is 2090 g/mol. The lowest BCUT2D eigenvalue weighted by atomic mass is 9.96.